The second-order valence-electron chi connectivity index (χ2n) is 9.84. The molecule has 0 heterocycles. The van der Waals surface area contributed by atoms with Crippen molar-refractivity contribution in [1.82, 2.24) is 10.2 Å². The molecule has 0 aromatic heterocycles. The summed E-state index contributed by atoms with van der Waals surface area (Å²) in [4.78, 5) is 27.8. The van der Waals surface area contributed by atoms with Crippen LogP contribution >= 0.6 is 15.9 Å². The van der Waals surface area contributed by atoms with Crippen LogP contribution in [0, 0.1) is 6.92 Å². The lowest BCUT2D eigenvalue weighted by atomic mass is 10.1. The maximum atomic E-state index is 13.3. The topological polar surface area (TPSA) is 86.8 Å². The molecule has 2 aromatic carbocycles. The molecule has 0 aliphatic heterocycles. The molecule has 0 saturated carbocycles. The molecule has 1 atom stereocenters. The molecule has 1 N–H and O–H groups in total. The van der Waals surface area contributed by atoms with Crippen LogP contribution in [0.15, 0.2) is 53.0 Å². The van der Waals surface area contributed by atoms with Gasteiger partial charge in [-0.05, 0) is 70.9 Å². The summed E-state index contributed by atoms with van der Waals surface area (Å²) in [5.74, 6) is -0.447. The smallest absolute Gasteiger partial charge is 0.242 e. The van der Waals surface area contributed by atoms with Gasteiger partial charge in [0, 0.05) is 29.5 Å². The summed E-state index contributed by atoms with van der Waals surface area (Å²) in [5, 5.41) is 2.94. The predicted octanol–water partition coefficient (Wildman–Crippen LogP) is 4.64. The number of halogens is 1. The average molecular weight is 567 g/mol. The van der Waals surface area contributed by atoms with Crippen LogP contribution in [-0.4, -0.2) is 49.5 Å². The molecule has 0 spiro atoms. The van der Waals surface area contributed by atoms with Crippen molar-refractivity contribution in [2.24, 2.45) is 0 Å². The standard InChI is InChI=1S/C26H36BrN3O4S/c1-19-12-14-23(15-13-19)30(35(6,33)34)16-8-11-24(31)29(18-21-9-7-10-22(27)17-21)20(2)25(32)28-26(3,4)5/h7,9-10,12-15,17,20H,8,11,16,18H2,1-6H3,(H,28,32). The summed E-state index contributed by atoms with van der Waals surface area (Å²) in [7, 11) is -3.51. The van der Waals surface area contributed by atoms with E-state index in [4.69, 9.17) is 0 Å². The van der Waals surface area contributed by atoms with Gasteiger partial charge in [0.15, 0.2) is 0 Å². The fourth-order valence-electron chi connectivity index (χ4n) is 3.60. The van der Waals surface area contributed by atoms with E-state index in [1.807, 2.05) is 64.1 Å². The first-order valence-corrected chi connectivity index (χ1v) is 14.2. The zero-order valence-corrected chi connectivity index (χ0v) is 23.7. The SMILES string of the molecule is Cc1ccc(N(CCCC(=O)N(Cc2cccc(Br)c2)C(C)C(=O)NC(C)(C)C)S(C)(=O)=O)cc1. The van der Waals surface area contributed by atoms with E-state index in [1.54, 1.807) is 24.0 Å². The van der Waals surface area contributed by atoms with Gasteiger partial charge in [0.25, 0.3) is 0 Å². The number of hydrogen-bond acceptors (Lipinski definition) is 4. The van der Waals surface area contributed by atoms with Gasteiger partial charge in [-0.3, -0.25) is 13.9 Å². The summed E-state index contributed by atoms with van der Waals surface area (Å²) in [6.45, 7) is 9.76. The third-order valence-corrected chi connectivity index (χ3v) is 7.07. The van der Waals surface area contributed by atoms with Crippen molar-refractivity contribution in [2.45, 2.75) is 65.6 Å². The number of rotatable bonds is 10. The Morgan fingerprint density at radius 1 is 1.09 bits per heavy atom. The first-order valence-electron chi connectivity index (χ1n) is 11.6. The minimum atomic E-state index is -3.51. The maximum Gasteiger partial charge on any atom is 0.242 e. The summed E-state index contributed by atoms with van der Waals surface area (Å²) in [5.41, 5.74) is 2.05. The van der Waals surface area contributed by atoms with Crippen LogP contribution in [-0.2, 0) is 26.2 Å². The first-order chi connectivity index (χ1) is 16.2. The second-order valence-corrected chi connectivity index (χ2v) is 12.7. The Hall–Kier alpha value is -2.39. The van der Waals surface area contributed by atoms with Gasteiger partial charge < -0.3 is 10.2 Å². The van der Waals surface area contributed by atoms with Gasteiger partial charge in [-0.1, -0.05) is 45.8 Å². The molecule has 1 unspecified atom stereocenters. The van der Waals surface area contributed by atoms with Crippen LogP contribution < -0.4 is 9.62 Å². The van der Waals surface area contributed by atoms with Crippen molar-refractivity contribution in [3.05, 3.63) is 64.1 Å². The van der Waals surface area contributed by atoms with Gasteiger partial charge in [0.05, 0.1) is 11.9 Å². The second kappa shape index (κ2) is 12.0. The lowest BCUT2D eigenvalue weighted by Gasteiger charge is -2.32. The molecule has 7 nitrogen and oxygen atoms in total. The largest absolute Gasteiger partial charge is 0.350 e. The lowest BCUT2D eigenvalue weighted by Crippen LogP contribution is -2.52. The number of carbonyl (C=O) groups is 2. The van der Waals surface area contributed by atoms with Gasteiger partial charge in [0.1, 0.15) is 6.04 Å². The van der Waals surface area contributed by atoms with Crippen molar-refractivity contribution in [2.75, 3.05) is 17.1 Å². The Labute approximate surface area is 218 Å². The highest BCUT2D eigenvalue weighted by atomic mass is 79.9. The van der Waals surface area contributed by atoms with Crippen LogP contribution in [0.2, 0.25) is 0 Å². The van der Waals surface area contributed by atoms with E-state index < -0.39 is 21.6 Å². The minimum Gasteiger partial charge on any atom is -0.350 e. The molecule has 0 saturated heterocycles. The van der Waals surface area contributed by atoms with Gasteiger partial charge in [-0.15, -0.1) is 0 Å². The maximum absolute atomic E-state index is 13.3. The Kier molecular flexibility index (Phi) is 9.92. The number of sulfonamides is 1. The van der Waals surface area contributed by atoms with Gasteiger partial charge >= 0.3 is 0 Å². The number of nitrogens with one attached hydrogen (secondary N) is 1. The van der Waals surface area contributed by atoms with Gasteiger partial charge in [0.2, 0.25) is 21.8 Å². The lowest BCUT2D eigenvalue weighted by molar-refractivity contribution is -0.141. The number of carbonyl (C=O) groups excluding carboxylic acids is 2. The van der Waals surface area contributed by atoms with Crippen molar-refractivity contribution >= 4 is 43.5 Å². The summed E-state index contributed by atoms with van der Waals surface area (Å²) < 4.78 is 27.0. The van der Waals surface area contributed by atoms with Gasteiger partial charge in [-0.2, -0.15) is 0 Å². The molecular weight excluding hydrogens is 530 g/mol. The Balaban J connectivity index is 2.18. The van der Waals surface area contributed by atoms with E-state index in [1.165, 1.54) is 4.31 Å². The zero-order valence-electron chi connectivity index (χ0n) is 21.3. The highest BCUT2D eigenvalue weighted by molar-refractivity contribution is 9.10. The third kappa shape index (κ3) is 9.29. The molecular formula is C26H36BrN3O4S. The molecule has 0 aliphatic rings. The highest BCUT2D eigenvalue weighted by Gasteiger charge is 2.28. The molecule has 2 amide bonds. The molecule has 2 aromatic rings. The summed E-state index contributed by atoms with van der Waals surface area (Å²) in [6.07, 6.45) is 1.59. The predicted molar refractivity (Wildman–Crippen MR) is 145 cm³/mol. The summed E-state index contributed by atoms with van der Waals surface area (Å²) in [6, 6.07) is 14.1. The van der Waals surface area contributed by atoms with E-state index >= 15 is 0 Å². The van der Waals surface area contributed by atoms with E-state index in [2.05, 4.69) is 21.2 Å². The molecule has 0 radical (unpaired) electrons. The van der Waals surface area contributed by atoms with E-state index in [0.717, 1.165) is 21.9 Å². The minimum absolute atomic E-state index is 0.110. The Morgan fingerprint density at radius 2 is 1.71 bits per heavy atom. The number of aryl methyl sites for hydroxylation is 1. The summed E-state index contributed by atoms with van der Waals surface area (Å²) >= 11 is 3.45. The molecule has 35 heavy (non-hydrogen) atoms. The van der Waals surface area contributed by atoms with Crippen molar-refractivity contribution in [1.29, 1.82) is 0 Å². The van der Waals surface area contributed by atoms with Crippen molar-refractivity contribution in [3.63, 3.8) is 0 Å². The molecule has 0 fully saturated rings. The van der Waals surface area contributed by atoms with E-state index in [-0.39, 0.29) is 31.3 Å². The van der Waals surface area contributed by atoms with Crippen LogP contribution in [0.5, 0.6) is 0 Å². The molecule has 0 aliphatic carbocycles. The zero-order chi connectivity index (χ0) is 26.4. The molecule has 9 heteroatoms. The molecule has 0 bridgehead atoms. The van der Waals surface area contributed by atoms with Crippen LogP contribution in [0.3, 0.4) is 0 Å². The number of anilines is 1. The number of amides is 2. The van der Waals surface area contributed by atoms with Crippen LogP contribution in [0.1, 0.15) is 51.7 Å². The molecule has 192 valence electrons. The number of hydrogen-bond donors (Lipinski definition) is 1. The quantitative estimate of drug-likeness (QED) is 0.454. The Bertz CT molecular complexity index is 1130. The monoisotopic (exact) mass is 565 g/mol. The van der Waals surface area contributed by atoms with Crippen LogP contribution in [0.4, 0.5) is 5.69 Å². The van der Waals surface area contributed by atoms with Crippen molar-refractivity contribution in [3.8, 4) is 0 Å². The normalized spacial score (nSPS) is 12.7. The fourth-order valence-corrected chi connectivity index (χ4v) is 5.02. The number of benzene rings is 2. The first kappa shape index (κ1) is 28.8. The van der Waals surface area contributed by atoms with Crippen molar-refractivity contribution < 1.29 is 18.0 Å². The number of nitrogens with zero attached hydrogens (tertiary/aromatic N) is 2. The van der Waals surface area contributed by atoms with Crippen LogP contribution in [0.25, 0.3) is 0 Å². The third-order valence-electron chi connectivity index (χ3n) is 5.38. The Morgan fingerprint density at radius 3 is 2.26 bits per heavy atom. The van der Waals surface area contributed by atoms with E-state index in [0.29, 0.717) is 12.1 Å². The fraction of sp³-hybridized carbons (Fsp3) is 0.462. The molecule has 2 rings (SSSR count). The van der Waals surface area contributed by atoms with Gasteiger partial charge in [-0.25, -0.2) is 8.42 Å². The van der Waals surface area contributed by atoms with E-state index in [9.17, 15) is 18.0 Å². The average Bonchev–Trinajstić information content (AvgIpc) is 2.73. The highest BCUT2D eigenvalue weighted by Crippen LogP contribution is 2.20.